The number of carbonyl (C=O) groups is 2. The third kappa shape index (κ3) is 2.90. The molecule has 1 heterocycles. The molecule has 1 aliphatic heterocycles. The number of aliphatic carboxylic acids is 1. The fraction of sp³-hybridized carbons (Fsp3) is 0.778. The molecule has 0 aromatic rings. The first-order valence-electron chi connectivity index (χ1n) is 4.77. The van der Waals surface area contributed by atoms with Crippen molar-refractivity contribution < 1.29 is 19.8 Å². The van der Waals surface area contributed by atoms with Crippen LogP contribution in [0.4, 0.5) is 0 Å². The number of hydrogen-bond acceptors (Lipinski definition) is 4. The molecular formula is C9H16N2O4. The lowest BCUT2D eigenvalue weighted by Gasteiger charge is -2.22. The summed E-state index contributed by atoms with van der Waals surface area (Å²) in [5.41, 5.74) is 0. The second kappa shape index (κ2) is 4.59. The second-order valence-corrected chi connectivity index (χ2v) is 4.03. The number of carboxylic acid groups (broad SMARTS) is 1. The number of aliphatic hydroxyl groups excluding tert-OH is 1. The number of aliphatic hydroxyl groups is 1. The number of carboxylic acids is 1. The summed E-state index contributed by atoms with van der Waals surface area (Å²) < 4.78 is 0. The molecule has 6 nitrogen and oxygen atoms in total. The van der Waals surface area contributed by atoms with Crippen LogP contribution in [-0.4, -0.2) is 71.2 Å². The third-order valence-corrected chi connectivity index (χ3v) is 2.34. The molecule has 1 fully saturated rings. The molecule has 6 heteroatoms. The van der Waals surface area contributed by atoms with Gasteiger partial charge in [-0.05, 0) is 14.1 Å². The number of likely N-dealkylation sites (N-methyl/N-ethyl adjacent to an activating group) is 1. The molecule has 1 saturated heterocycles. The average molecular weight is 216 g/mol. The van der Waals surface area contributed by atoms with Gasteiger partial charge in [-0.1, -0.05) is 0 Å². The molecule has 1 rings (SSSR count). The molecule has 2 atom stereocenters. The van der Waals surface area contributed by atoms with Gasteiger partial charge >= 0.3 is 5.97 Å². The van der Waals surface area contributed by atoms with Crippen molar-refractivity contribution in [2.24, 2.45) is 0 Å². The molecule has 2 unspecified atom stereocenters. The zero-order chi connectivity index (χ0) is 11.6. The van der Waals surface area contributed by atoms with Crippen LogP contribution >= 0.6 is 0 Å². The minimum atomic E-state index is -1.06. The first-order valence-corrected chi connectivity index (χ1v) is 4.77. The molecule has 0 spiro atoms. The summed E-state index contributed by atoms with van der Waals surface area (Å²) >= 11 is 0. The first-order chi connectivity index (χ1) is 6.91. The van der Waals surface area contributed by atoms with Gasteiger partial charge in [0.25, 0.3) is 0 Å². The monoisotopic (exact) mass is 216 g/mol. The molecule has 0 aromatic carbocycles. The number of amides is 1. The van der Waals surface area contributed by atoms with Crippen molar-refractivity contribution >= 4 is 11.9 Å². The molecular weight excluding hydrogens is 200 g/mol. The van der Waals surface area contributed by atoms with Crippen LogP contribution in [0.25, 0.3) is 0 Å². The Morgan fingerprint density at radius 2 is 2.07 bits per heavy atom. The van der Waals surface area contributed by atoms with Gasteiger partial charge in [-0.25, -0.2) is 4.79 Å². The van der Waals surface area contributed by atoms with E-state index in [0.29, 0.717) is 0 Å². The van der Waals surface area contributed by atoms with E-state index in [2.05, 4.69) is 0 Å². The lowest BCUT2D eigenvalue weighted by Crippen LogP contribution is -2.44. The van der Waals surface area contributed by atoms with Crippen LogP contribution in [0, 0.1) is 0 Å². The number of likely N-dealkylation sites (tertiary alicyclic amines) is 1. The number of rotatable bonds is 3. The van der Waals surface area contributed by atoms with Crippen LogP contribution in [0.1, 0.15) is 6.42 Å². The fourth-order valence-corrected chi connectivity index (χ4v) is 1.68. The second-order valence-electron chi connectivity index (χ2n) is 4.03. The summed E-state index contributed by atoms with van der Waals surface area (Å²) in [5.74, 6) is -1.32. The van der Waals surface area contributed by atoms with Gasteiger partial charge in [-0.15, -0.1) is 0 Å². The predicted molar refractivity (Wildman–Crippen MR) is 52.3 cm³/mol. The highest BCUT2D eigenvalue weighted by atomic mass is 16.4. The minimum absolute atomic E-state index is 0.115. The molecule has 0 saturated carbocycles. The summed E-state index contributed by atoms with van der Waals surface area (Å²) in [6.07, 6.45) is -0.605. The molecule has 15 heavy (non-hydrogen) atoms. The molecule has 0 aliphatic carbocycles. The van der Waals surface area contributed by atoms with Gasteiger partial charge in [0.15, 0.2) is 0 Å². The van der Waals surface area contributed by atoms with E-state index in [0.717, 1.165) is 0 Å². The van der Waals surface area contributed by atoms with Gasteiger partial charge in [-0.2, -0.15) is 0 Å². The number of carbonyl (C=O) groups excluding carboxylic acids is 1. The fourth-order valence-electron chi connectivity index (χ4n) is 1.68. The number of β-amino-alcohol motifs (C(OH)–C–C–N with tert-alkyl or cyclic N) is 1. The van der Waals surface area contributed by atoms with Crippen molar-refractivity contribution in [3.63, 3.8) is 0 Å². The van der Waals surface area contributed by atoms with Crippen LogP contribution in [0.15, 0.2) is 0 Å². The molecule has 86 valence electrons. The maximum absolute atomic E-state index is 11.6. The van der Waals surface area contributed by atoms with E-state index in [9.17, 15) is 14.7 Å². The van der Waals surface area contributed by atoms with Crippen LogP contribution in [0.3, 0.4) is 0 Å². The molecule has 2 N–H and O–H groups in total. The van der Waals surface area contributed by atoms with E-state index in [1.807, 2.05) is 0 Å². The van der Waals surface area contributed by atoms with Crippen LogP contribution in [0.5, 0.6) is 0 Å². The summed E-state index contributed by atoms with van der Waals surface area (Å²) in [4.78, 5) is 25.4. The highest BCUT2D eigenvalue weighted by molar-refractivity contribution is 5.85. The Hall–Kier alpha value is -1.14. The standard InChI is InChI=1S/C9H16N2O4/c1-10(2)5-8(13)11-4-6(12)3-7(11)9(14)15/h6-7,12H,3-5H2,1-2H3,(H,14,15). The Morgan fingerprint density at radius 3 is 2.53 bits per heavy atom. The van der Waals surface area contributed by atoms with Gasteiger partial charge in [-0.3, -0.25) is 4.79 Å². The molecule has 0 aromatic heterocycles. The predicted octanol–water partition coefficient (Wildman–Crippen LogP) is -1.41. The van der Waals surface area contributed by atoms with Crippen molar-refractivity contribution in [3.8, 4) is 0 Å². The van der Waals surface area contributed by atoms with Crippen LogP contribution in [-0.2, 0) is 9.59 Å². The lowest BCUT2D eigenvalue weighted by atomic mass is 10.2. The first kappa shape index (κ1) is 11.9. The summed E-state index contributed by atoms with van der Waals surface area (Å²) in [6, 6.07) is -0.882. The van der Waals surface area contributed by atoms with E-state index in [1.165, 1.54) is 4.90 Å². The summed E-state index contributed by atoms with van der Waals surface area (Å²) in [5, 5.41) is 18.2. The van der Waals surface area contributed by atoms with Crippen molar-refractivity contribution in [3.05, 3.63) is 0 Å². The van der Waals surface area contributed by atoms with Crippen molar-refractivity contribution in [1.29, 1.82) is 0 Å². The van der Waals surface area contributed by atoms with Crippen molar-refractivity contribution in [2.45, 2.75) is 18.6 Å². The Labute approximate surface area is 88.1 Å². The number of nitrogens with zero attached hydrogens (tertiary/aromatic N) is 2. The Bertz CT molecular complexity index is 267. The van der Waals surface area contributed by atoms with Crippen LogP contribution < -0.4 is 0 Å². The normalized spacial score (nSPS) is 26.0. The average Bonchev–Trinajstić information content (AvgIpc) is 2.46. The zero-order valence-electron chi connectivity index (χ0n) is 8.88. The Balaban J connectivity index is 2.66. The maximum atomic E-state index is 11.6. The highest BCUT2D eigenvalue weighted by Crippen LogP contribution is 2.18. The largest absolute Gasteiger partial charge is 0.480 e. The van der Waals surface area contributed by atoms with E-state index < -0.39 is 18.1 Å². The molecule has 0 radical (unpaired) electrons. The van der Waals surface area contributed by atoms with Crippen molar-refractivity contribution in [1.82, 2.24) is 9.80 Å². The van der Waals surface area contributed by atoms with Gasteiger partial charge < -0.3 is 20.0 Å². The van der Waals surface area contributed by atoms with Crippen LogP contribution in [0.2, 0.25) is 0 Å². The van der Waals surface area contributed by atoms with Gasteiger partial charge in [0.1, 0.15) is 6.04 Å². The van der Waals surface area contributed by atoms with E-state index in [-0.39, 0.29) is 25.4 Å². The summed E-state index contributed by atoms with van der Waals surface area (Å²) in [6.45, 7) is 0.278. The molecule has 1 aliphatic rings. The molecule has 0 bridgehead atoms. The number of hydrogen-bond donors (Lipinski definition) is 2. The van der Waals surface area contributed by atoms with E-state index in [4.69, 9.17) is 5.11 Å². The van der Waals surface area contributed by atoms with E-state index in [1.54, 1.807) is 19.0 Å². The smallest absolute Gasteiger partial charge is 0.326 e. The lowest BCUT2D eigenvalue weighted by molar-refractivity contribution is -0.148. The molecule has 1 amide bonds. The summed E-state index contributed by atoms with van der Waals surface area (Å²) in [7, 11) is 3.47. The maximum Gasteiger partial charge on any atom is 0.326 e. The third-order valence-electron chi connectivity index (χ3n) is 2.34. The zero-order valence-corrected chi connectivity index (χ0v) is 8.88. The van der Waals surface area contributed by atoms with Crippen molar-refractivity contribution in [2.75, 3.05) is 27.2 Å². The Morgan fingerprint density at radius 1 is 1.47 bits per heavy atom. The quantitative estimate of drug-likeness (QED) is 0.606. The Kier molecular flexibility index (Phi) is 3.65. The van der Waals surface area contributed by atoms with Gasteiger partial charge in [0.05, 0.1) is 12.6 Å². The van der Waals surface area contributed by atoms with Gasteiger partial charge in [0.2, 0.25) is 5.91 Å². The topological polar surface area (TPSA) is 81.1 Å². The minimum Gasteiger partial charge on any atom is -0.480 e. The highest BCUT2D eigenvalue weighted by Gasteiger charge is 2.38. The SMILES string of the molecule is CN(C)CC(=O)N1CC(O)CC1C(=O)O. The van der Waals surface area contributed by atoms with Gasteiger partial charge in [0, 0.05) is 13.0 Å². The van der Waals surface area contributed by atoms with E-state index >= 15 is 0 Å².